The molecule has 0 atom stereocenters. The minimum atomic E-state index is -0.236. The highest BCUT2D eigenvalue weighted by Gasteiger charge is 2.39. The Kier molecular flexibility index (Phi) is 4.46. The molecule has 0 unspecified atom stereocenters. The van der Waals surface area contributed by atoms with E-state index in [1.807, 2.05) is 19.1 Å². The van der Waals surface area contributed by atoms with E-state index >= 15 is 0 Å². The van der Waals surface area contributed by atoms with Gasteiger partial charge in [-0.25, -0.2) is 9.37 Å². The highest BCUT2D eigenvalue weighted by molar-refractivity contribution is 7.11. The van der Waals surface area contributed by atoms with Crippen molar-refractivity contribution >= 4 is 17.2 Å². The fourth-order valence-electron chi connectivity index (χ4n) is 3.06. The highest BCUT2D eigenvalue weighted by Crippen LogP contribution is 2.43. The molecule has 3 N–H and O–H groups in total. The molecule has 6 heteroatoms. The Bertz CT molecular complexity index is 707. The first kappa shape index (κ1) is 16.1. The number of hydrogen-bond donors (Lipinski definition) is 2. The van der Waals surface area contributed by atoms with Gasteiger partial charge in [-0.1, -0.05) is 18.6 Å². The molecule has 1 saturated carbocycles. The lowest BCUT2D eigenvalue weighted by Crippen LogP contribution is -2.45. The minimum absolute atomic E-state index is 0.0794. The Morgan fingerprint density at radius 3 is 2.61 bits per heavy atom. The summed E-state index contributed by atoms with van der Waals surface area (Å²) in [5.41, 5.74) is 7.05. The highest BCUT2D eigenvalue weighted by atomic mass is 32.1. The summed E-state index contributed by atoms with van der Waals surface area (Å²) >= 11 is 1.46. The average molecular weight is 333 g/mol. The van der Waals surface area contributed by atoms with Gasteiger partial charge in [0.25, 0.3) is 5.91 Å². The standard InChI is InChI=1S/C17H20FN3OS/c1-11-15(21-14(9-19)23-11)16(22)20-10-17(7-2-8-17)12-3-5-13(18)6-4-12/h3-6H,2,7-10,19H2,1H3,(H,20,22). The van der Waals surface area contributed by atoms with Gasteiger partial charge < -0.3 is 11.1 Å². The molecule has 4 nitrogen and oxygen atoms in total. The van der Waals surface area contributed by atoms with Crippen molar-refractivity contribution < 1.29 is 9.18 Å². The molecule has 1 aromatic carbocycles. The van der Waals surface area contributed by atoms with Crippen LogP contribution in [0.5, 0.6) is 0 Å². The summed E-state index contributed by atoms with van der Waals surface area (Å²) in [6.07, 6.45) is 3.13. The van der Waals surface area contributed by atoms with Crippen molar-refractivity contribution in [1.29, 1.82) is 0 Å². The van der Waals surface area contributed by atoms with Crippen LogP contribution in [-0.2, 0) is 12.0 Å². The monoisotopic (exact) mass is 333 g/mol. The third-order valence-corrected chi connectivity index (χ3v) is 5.58. The van der Waals surface area contributed by atoms with Crippen LogP contribution in [0.2, 0.25) is 0 Å². The maximum Gasteiger partial charge on any atom is 0.271 e. The number of aromatic nitrogens is 1. The van der Waals surface area contributed by atoms with Gasteiger partial charge in [0, 0.05) is 23.4 Å². The van der Waals surface area contributed by atoms with E-state index in [9.17, 15) is 9.18 Å². The number of nitrogens with zero attached hydrogens (tertiary/aromatic N) is 1. The van der Waals surface area contributed by atoms with E-state index in [1.165, 1.54) is 23.5 Å². The number of aryl methyl sites for hydroxylation is 1. The molecule has 23 heavy (non-hydrogen) atoms. The zero-order valence-corrected chi connectivity index (χ0v) is 13.9. The van der Waals surface area contributed by atoms with Crippen molar-refractivity contribution in [1.82, 2.24) is 10.3 Å². The second-order valence-electron chi connectivity index (χ2n) is 6.04. The number of rotatable bonds is 5. The van der Waals surface area contributed by atoms with Crippen LogP contribution in [0.1, 0.15) is 45.2 Å². The van der Waals surface area contributed by atoms with Gasteiger partial charge >= 0.3 is 0 Å². The molecule has 1 amide bonds. The lowest BCUT2D eigenvalue weighted by atomic mass is 9.64. The SMILES string of the molecule is Cc1sc(CN)nc1C(=O)NCC1(c2ccc(F)cc2)CCC1. The maximum absolute atomic E-state index is 13.1. The molecule has 1 aliphatic rings. The second-order valence-corrected chi connectivity index (χ2v) is 7.33. The Hall–Kier alpha value is -1.79. The molecule has 3 rings (SSSR count). The number of hydrogen-bond acceptors (Lipinski definition) is 4. The molecule has 1 heterocycles. The summed E-state index contributed by atoms with van der Waals surface area (Å²) in [6, 6.07) is 6.60. The van der Waals surface area contributed by atoms with Crippen LogP contribution in [0.25, 0.3) is 0 Å². The molecule has 122 valence electrons. The third kappa shape index (κ3) is 3.14. The van der Waals surface area contributed by atoms with Crippen LogP contribution in [0.3, 0.4) is 0 Å². The van der Waals surface area contributed by atoms with E-state index < -0.39 is 0 Å². The largest absolute Gasteiger partial charge is 0.350 e. The van der Waals surface area contributed by atoms with Crippen molar-refractivity contribution in [3.8, 4) is 0 Å². The zero-order valence-electron chi connectivity index (χ0n) is 13.1. The molecule has 1 fully saturated rings. The van der Waals surface area contributed by atoms with Gasteiger partial charge in [-0.3, -0.25) is 4.79 Å². The minimum Gasteiger partial charge on any atom is -0.350 e. The Morgan fingerprint density at radius 2 is 2.09 bits per heavy atom. The van der Waals surface area contributed by atoms with E-state index in [4.69, 9.17) is 5.73 Å². The smallest absolute Gasteiger partial charge is 0.271 e. The first-order valence-electron chi connectivity index (χ1n) is 7.75. The Balaban J connectivity index is 1.71. The number of thiazole rings is 1. The van der Waals surface area contributed by atoms with Gasteiger partial charge in [-0.2, -0.15) is 0 Å². The summed E-state index contributed by atoms with van der Waals surface area (Å²) < 4.78 is 13.1. The van der Waals surface area contributed by atoms with Gasteiger partial charge in [-0.05, 0) is 37.5 Å². The molecule has 0 bridgehead atoms. The zero-order chi connectivity index (χ0) is 16.4. The predicted molar refractivity (Wildman–Crippen MR) is 89.0 cm³/mol. The summed E-state index contributed by atoms with van der Waals surface area (Å²) in [5, 5.41) is 3.77. The summed E-state index contributed by atoms with van der Waals surface area (Å²) in [7, 11) is 0. The van der Waals surface area contributed by atoms with E-state index in [0.29, 0.717) is 18.8 Å². The quantitative estimate of drug-likeness (QED) is 0.884. The molecule has 1 aromatic heterocycles. The van der Waals surface area contributed by atoms with E-state index in [1.54, 1.807) is 0 Å². The number of halogens is 1. The number of nitrogens with two attached hydrogens (primary N) is 1. The maximum atomic E-state index is 13.1. The fraction of sp³-hybridized carbons (Fsp3) is 0.412. The van der Waals surface area contributed by atoms with Crippen LogP contribution >= 0.6 is 11.3 Å². The van der Waals surface area contributed by atoms with Gasteiger partial charge in [-0.15, -0.1) is 11.3 Å². The van der Waals surface area contributed by atoms with Gasteiger partial charge in [0.15, 0.2) is 0 Å². The molecule has 0 spiro atoms. The van der Waals surface area contributed by atoms with Crippen molar-refractivity contribution in [2.75, 3.05) is 6.54 Å². The van der Waals surface area contributed by atoms with Crippen LogP contribution in [0.15, 0.2) is 24.3 Å². The number of benzene rings is 1. The van der Waals surface area contributed by atoms with Crippen LogP contribution in [0.4, 0.5) is 4.39 Å². The Labute approximate surface area is 138 Å². The molecular formula is C17H20FN3OS. The topological polar surface area (TPSA) is 68.0 Å². The van der Waals surface area contributed by atoms with Crippen LogP contribution < -0.4 is 11.1 Å². The number of nitrogens with one attached hydrogen (secondary N) is 1. The van der Waals surface area contributed by atoms with E-state index in [2.05, 4.69) is 10.3 Å². The van der Waals surface area contributed by atoms with Gasteiger partial charge in [0.2, 0.25) is 0 Å². The van der Waals surface area contributed by atoms with Crippen molar-refractivity contribution in [3.05, 3.63) is 51.2 Å². The van der Waals surface area contributed by atoms with Crippen molar-refractivity contribution in [3.63, 3.8) is 0 Å². The number of amides is 1. The fourth-order valence-corrected chi connectivity index (χ4v) is 3.87. The average Bonchev–Trinajstić information content (AvgIpc) is 2.89. The molecule has 1 aliphatic carbocycles. The third-order valence-electron chi connectivity index (χ3n) is 4.59. The molecular weight excluding hydrogens is 313 g/mol. The normalized spacial score (nSPS) is 16.0. The van der Waals surface area contributed by atoms with Crippen molar-refractivity contribution in [2.45, 2.75) is 38.1 Å². The summed E-state index contributed by atoms with van der Waals surface area (Å²) in [6.45, 7) is 2.77. The van der Waals surface area contributed by atoms with Crippen LogP contribution in [0, 0.1) is 12.7 Å². The van der Waals surface area contributed by atoms with Crippen molar-refractivity contribution in [2.24, 2.45) is 5.73 Å². The molecule has 0 aliphatic heterocycles. The van der Waals surface area contributed by atoms with Crippen LogP contribution in [-0.4, -0.2) is 17.4 Å². The molecule has 0 radical (unpaired) electrons. The van der Waals surface area contributed by atoms with E-state index in [0.717, 1.165) is 34.7 Å². The van der Waals surface area contributed by atoms with E-state index in [-0.39, 0.29) is 17.1 Å². The first-order valence-corrected chi connectivity index (χ1v) is 8.56. The molecule has 0 saturated heterocycles. The predicted octanol–water partition coefficient (Wildman–Crippen LogP) is 2.90. The first-order chi connectivity index (χ1) is 11.0. The lowest BCUT2D eigenvalue weighted by Gasteiger charge is -2.42. The summed E-state index contributed by atoms with van der Waals surface area (Å²) in [4.78, 5) is 17.6. The molecule has 2 aromatic rings. The number of carbonyl (C=O) groups is 1. The lowest BCUT2D eigenvalue weighted by molar-refractivity contribution is 0.0922. The van der Waals surface area contributed by atoms with Gasteiger partial charge in [0.1, 0.15) is 16.5 Å². The summed E-state index contributed by atoms with van der Waals surface area (Å²) in [5.74, 6) is -0.397. The number of carbonyl (C=O) groups excluding carboxylic acids is 1. The Morgan fingerprint density at radius 1 is 1.39 bits per heavy atom. The van der Waals surface area contributed by atoms with Gasteiger partial charge in [0.05, 0.1) is 0 Å². The second kappa shape index (κ2) is 6.37.